The maximum atomic E-state index is 12.4. The topological polar surface area (TPSA) is 68.2 Å². The van der Waals surface area contributed by atoms with Crippen molar-refractivity contribution in [1.82, 2.24) is 20.4 Å². The molecule has 0 radical (unpaired) electrons. The van der Waals surface area contributed by atoms with Crippen LogP contribution in [-0.2, 0) is 18.4 Å². The van der Waals surface area contributed by atoms with E-state index in [4.69, 9.17) is 4.74 Å². The molecule has 0 bridgehead atoms. The average molecular weight is 314 g/mol. The summed E-state index contributed by atoms with van der Waals surface area (Å²) >= 11 is 0. The molecule has 0 saturated heterocycles. The van der Waals surface area contributed by atoms with E-state index in [9.17, 15) is 4.79 Å². The minimum Gasteiger partial charge on any atom is -0.489 e. The molecule has 1 aromatic heterocycles. The van der Waals surface area contributed by atoms with Crippen LogP contribution in [0.25, 0.3) is 0 Å². The molecule has 1 unspecified atom stereocenters. The van der Waals surface area contributed by atoms with Gasteiger partial charge < -0.3 is 15.4 Å². The smallest absolute Gasteiger partial charge is 0.242 e. The fraction of sp³-hybridized carbons (Fsp3) is 0.294. The Hall–Kier alpha value is -2.60. The van der Waals surface area contributed by atoms with E-state index in [2.05, 4.69) is 22.3 Å². The number of hydrogen-bond donors (Lipinski definition) is 2. The Morgan fingerprint density at radius 1 is 1.48 bits per heavy atom. The molecule has 2 rings (SSSR count). The largest absolute Gasteiger partial charge is 0.489 e. The van der Waals surface area contributed by atoms with Gasteiger partial charge in [-0.15, -0.1) is 0 Å². The molecule has 1 atom stereocenters. The molecule has 1 aromatic carbocycles. The zero-order valence-corrected chi connectivity index (χ0v) is 13.5. The number of benzene rings is 1. The Bertz CT molecular complexity index is 666. The number of nitrogens with zero attached hydrogens (tertiary/aromatic N) is 2. The summed E-state index contributed by atoms with van der Waals surface area (Å²) in [6.07, 6.45) is 5.19. The molecule has 122 valence electrons. The lowest BCUT2D eigenvalue weighted by Crippen LogP contribution is -2.35. The average Bonchev–Trinajstić information content (AvgIpc) is 2.98. The van der Waals surface area contributed by atoms with Crippen molar-refractivity contribution >= 4 is 5.91 Å². The number of rotatable bonds is 8. The first-order valence-electron chi connectivity index (χ1n) is 7.40. The normalized spacial score (nSPS) is 11.7. The van der Waals surface area contributed by atoms with Crippen molar-refractivity contribution in [2.45, 2.75) is 12.6 Å². The molecule has 0 spiro atoms. The number of nitrogens with one attached hydrogen (secondary N) is 2. The number of para-hydroxylation sites is 1. The molecular weight excluding hydrogens is 292 g/mol. The fourth-order valence-electron chi connectivity index (χ4n) is 2.26. The van der Waals surface area contributed by atoms with Crippen LogP contribution in [0, 0.1) is 0 Å². The molecule has 0 aliphatic rings. The van der Waals surface area contributed by atoms with Crippen molar-refractivity contribution in [3.05, 3.63) is 60.4 Å². The second kappa shape index (κ2) is 8.14. The second-order valence-corrected chi connectivity index (χ2v) is 5.09. The highest BCUT2D eigenvalue weighted by Gasteiger charge is 2.20. The first kappa shape index (κ1) is 16.8. The molecule has 0 fully saturated rings. The van der Waals surface area contributed by atoms with Crippen LogP contribution in [0.2, 0.25) is 0 Å². The highest BCUT2D eigenvalue weighted by molar-refractivity contribution is 5.83. The Labute approximate surface area is 136 Å². The van der Waals surface area contributed by atoms with Crippen molar-refractivity contribution in [3.63, 3.8) is 0 Å². The summed E-state index contributed by atoms with van der Waals surface area (Å²) in [5, 5.41) is 10.0. The standard InChI is InChI=1S/C17H22N4O2/c1-4-9-23-15-8-6-5-7-13(15)10-19-17(22)16(18-2)14-11-20-21(3)12-14/h4-8,11-12,16,18H,1,9-10H2,2-3H3,(H,19,22). The van der Waals surface area contributed by atoms with Gasteiger partial charge >= 0.3 is 0 Å². The molecule has 6 heteroatoms. The van der Waals surface area contributed by atoms with Crippen molar-refractivity contribution < 1.29 is 9.53 Å². The third-order valence-electron chi connectivity index (χ3n) is 3.39. The molecule has 0 aliphatic carbocycles. The van der Waals surface area contributed by atoms with E-state index < -0.39 is 6.04 Å². The van der Waals surface area contributed by atoms with Crippen molar-refractivity contribution in [2.75, 3.05) is 13.7 Å². The van der Waals surface area contributed by atoms with Crippen molar-refractivity contribution in [1.29, 1.82) is 0 Å². The number of likely N-dealkylation sites (N-methyl/N-ethyl adjacent to an activating group) is 1. The van der Waals surface area contributed by atoms with E-state index in [0.717, 1.165) is 16.9 Å². The third-order valence-corrected chi connectivity index (χ3v) is 3.39. The minimum absolute atomic E-state index is 0.112. The predicted molar refractivity (Wildman–Crippen MR) is 89.0 cm³/mol. The fourth-order valence-corrected chi connectivity index (χ4v) is 2.26. The first-order valence-corrected chi connectivity index (χ1v) is 7.40. The van der Waals surface area contributed by atoms with Gasteiger partial charge in [-0.25, -0.2) is 0 Å². The van der Waals surface area contributed by atoms with Gasteiger partial charge in [0.15, 0.2) is 0 Å². The number of carbonyl (C=O) groups is 1. The quantitative estimate of drug-likeness (QED) is 0.726. The maximum absolute atomic E-state index is 12.4. The maximum Gasteiger partial charge on any atom is 0.242 e. The Balaban J connectivity index is 2.02. The molecule has 0 aliphatic heterocycles. The monoisotopic (exact) mass is 314 g/mol. The van der Waals surface area contributed by atoms with Crippen LogP contribution in [0.15, 0.2) is 49.3 Å². The molecule has 2 aromatic rings. The van der Waals surface area contributed by atoms with Crippen LogP contribution in [0.1, 0.15) is 17.2 Å². The third kappa shape index (κ3) is 4.43. The van der Waals surface area contributed by atoms with Gasteiger partial charge in [-0.2, -0.15) is 5.10 Å². The predicted octanol–water partition coefficient (Wildman–Crippen LogP) is 1.56. The lowest BCUT2D eigenvalue weighted by Gasteiger charge is -2.16. The van der Waals surface area contributed by atoms with Gasteiger partial charge in [0, 0.05) is 30.9 Å². The lowest BCUT2D eigenvalue weighted by atomic mass is 10.1. The number of amides is 1. The van der Waals surface area contributed by atoms with Gasteiger partial charge in [-0.1, -0.05) is 30.9 Å². The molecule has 23 heavy (non-hydrogen) atoms. The van der Waals surface area contributed by atoms with E-state index in [1.165, 1.54) is 0 Å². The van der Waals surface area contributed by atoms with E-state index in [-0.39, 0.29) is 5.91 Å². The van der Waals surface area contributed by atoms with Crippen LogP contribution in [-0.4, -0.2) is 29.3 Å². The van der Waals surface area contributed by atoms with Gasteiger partial charge in [0.2, 0.25) is 5.91 Å². The van der Waals surface area contributed by atoms with E-state index in [0.29, 0.717) is 13.2 Å². The van der Waals surface area contributed by atoms with Gasteiger partial charge in [-0.3, -0.25) is 9.48 Å². The summed E-state index contributed by atoms with van der Waals surface area (Å²) in [4.78, 5) is 12.4. The van der Waals surface area contributed by atoms with Gasteiger partial charge in [0.05, 0.1) is 6.20 Å². The summed E-state index contributed by atoms with van der Waals surface area (Å²) in [5.74, 6) is 0.633. The minimum atomic E-state index is -0.440. The number of aryl methyl sites for hydroxylation is 1. The SMILES string of the molecule is C=CCOc1ccccc1CNC(=O)C(NC)c1cnn(C)c1. The van der Waals surface area contributed by atoms with Crippen LogP contribution in [0.5, 0.6) is 5.75 Å². The Morgan fingerprint density at radius 2 is 2.26 bits per heavy atom. The first-order chi connectivity index (χ1) is 11.2. The summed E-state index contributed by atoms with van der Waals surface area (Å²) in [6, 6.07) is 7.18. The zero-order chi connectivity index (χ0) is 16.7. The zero-order valence-electron chi connectivity index (χ0n) is 13.5. The second-order valence-electron chi connectivity index (χ2n) is 5.09. The number of ether oxygens (including phenoxy) is 1. The highest BCUT2D eigenvalue weighted by atomic mass is 16.5. The van der Waals surface area contributed by atoms with Gasteiger partial charge in [-0.05, 0) is 13.1 Å². The Morgan fingerprint density at radius 3 is 2.91 bits per heavy atom. The van der Waals surface area contributed by atoms with Crippen LogP contribution < -0.4 is 15.4 Å². The summed E-state index contributed by atoms with van der Waals surface area (Å²) < 4.78 is 7.27. The van der Waals surface area contributed by atoms with E-state index >= 15 is 0 Å². The van der Waals surface area contributed by atoms with E-state index in [1.54, 1.807) is 24.0 Å². The molecule has 1 amide bonds. The summed E-state index contributed by atoms with van der Waals surface area (Å²) in [5.41, 5.74) is 1.74. The van der Waals surface area contributed by atoms with Crippen molar-refractivity contribution in [3.8, 4) is 5.75 Å². The summed E-state index contributed by atoms with van der Waals surface area (Å²) in [6.45, 7) is 4.46. The number of aromatic nitrogens is 2. The molecule has 6 nitrogen and oxygen atoms in total. The summed E-state index contributed by atoms with van der Waals surface area (Å²) in [7, 11) is 3.57. The van der Waals surface area contributed by atoms with Crippen molar-refractivity contribution in [2.24, 2.45) is 7.05 Å². The van der Waals surface area contributed by atoms with Gasteiger partial charge in [0.1, 0.15) is 18.4 Å². The molecule has 2 N–H and O–H groups in total. The lowest BCUT2D eigenvalue weighted by molar-refractivity contribution is -0.123. The highest BCUT2D eigenvalue weighted by Crippen LogP contribution is 2.18. The molecule has 1 heterocycles. The van der Waals surface area contributed by atoms with Crippen LogP contribution in [0.4, 0.5) is 0 Å². The van der Waals surface area contributed by atoms with Gasteiger partial charge in [0.25, 0.3) is 0 Å². The number of carbonyl (C=O) groups excluding carboxylic acids is 1. The van der Waals surface area contributed by atoms with E-state index in [1.807, 2.05) is 37.5 Å². The Kier molecular flexibility index (Phi) is 5.94. The number of hydrogen-bond acceptors (Lipinski definition) is 4. The molecule has 0 saturated carbocycles. The molecular formula is C17H22N4O2. The van der Waals surface area contributed by atoms with Crippen LogP contribution >= 0.6 is 0 Å². The van der Waals surface area contributed by atoms with Crippen LogP contribution in [0.3, 0.4) is 0 Å².